The monoisotopic (exact) mass is 329 g/mol. The van der Waals surface area contributed by atoms with Crippen LogP contribution in [0.4, 0.5) is 0 Å². The summed E-state index contributed by atoms with van der Waals surface area (Å²) in [5, 5.41) is 0. The smallest absolute Gasteiger partial charge is 0.205 e. The van der Waals surface area contributed by atoms with E-state index in [2.05, 4.69) is 24.5 Å². The highest BCUT2D eigenvalue weighted by Crippen LogP contribution is 2.50. The van der Waals surface area contributed by atoms with Crippen molar-refractivity contribution in [2.24, 2.45) is 0 Å². The average Bonchev–Trinajstić information content (AvgIpc) is 2.84. The van der Waals surface area contributed by atoms with Crippen molar-refractivity contribution in [3.8, 4) is 17.2 Å². The molecule has 0 aliphatic rings. The minimum atomic E-state index is 0.446. The zero-order valence-electron chi connectivity index (χ0n) is 12.3. The van der Waals surface area contributed by atoms with Crippen LogP contribution < -0.4 is 14.2 Å². The topological polar surface area (TPSA) is 40.6 Å². The Morgan fingerprint density at radius 1 is 1.15 bits per heavy atom. The lowest BCUT2D eigenvalue weighted by atomic mass is 10.1. The molecule has 0 saturated heterocycles. The summed E-state index contributed by atoms with van der Waals surface area (Å²) in [4.78, 5) is 4.56. The third-order valence-electron chi connectivity index (χ3n) is 3.45. The molecule has 110 valence electrons. The van der Waals surface area contributed by atoms with E-state index < -0.39 is 0 Å². The quantitative estimate of drug-likeness (QED) is 0.676. The molecule has 0 fully saturated rings. The number of methoxy groups -OCH3 is 3. The van der Waals surface area contributed by atoms with Gasteiger partial charge in [0.15, 0.2) is 11.5 Å². The van der Waals surface area contributed by atoms with Crippen LogP contribution in [0.2, 0.25) is 0 Å². The van der Waals surface area contributed by atoms with Gasteiger partial charge in [-0.2, -0.15) is 0 Å². The van der Waals surface area contributed by atoms with Crippen molar-refractivity contribution in [2.75, 3.05) is 21.3 Å². The van der Waals surface area contributed by atoms with Gasteiger partial charge in [0.05, 0.1) is 26.8 Å². The van der Waals surface area contributed by atoms with Crippen LogP contribution in [-0.4, -0.2) is 36.6 Å². The molecule has 0 radical (unpaired) electrons. The summed E-state index contributed by atoms with van der Waals surface area (Å²) in [5.74, 6) is 2.05. The van der Waals surface area contributed by atoms with Crippen LogP contribution in [0, 0.1) is 0 Å². The van der Waals surface area contributed by atoms with Gasteiger partial charge in [-0.05, 0) is 5.54 Å². The lowest BCUT2D eigenvalue weighted by Gasteiger charge is -2.20. The molecule has 0 aliphatic heterocycles. The van der Waals surface area contributed by atoms with Crippen LogP contribution in [0.5, 0.6) is 17.2 Å². The molecule has 7 heteroatoms. The predicted molar refractivity (Wildman–Crippen MR) is 89.5 cm³/mol. The Kier molecular flexibility index (Phi) is 4.82. The minimum Gasteiger partial charge on any atom is -0.492 e. The summed E-state index contributed by atoms with van der Waals surface area (Å²) in [6, 6.07) is 0. The maximum absolute atomic E-state index is 5.61. The highest BCUT2D eigenvalue weighted by molar-refractivity contribution is 7.83. The van der Waals surface area contributed by atoms with E-state index in [0.717, 1.165) is 42.5 Å². The molecule has 0 saturated carbocycles. The number of benzene rings is 1. The van der Waals surface area contributed by atoms with Crippen LogP contribution in [0.15, 0.2) is 4.34 Å². The fourth-order valence-corrected chi connectivity index (χ4v) is 4.07. The molecule has 0 amide bonds. The summed E-state index contributed by atoms with van der Waals surface area (Å²) in [6.45, 7) is 2.17. The lowest BCUT2D eigenvalue weighted by molar-refractivity contribution is 0.325. The first-order chi connectivity index (χ1) is 9.58. The Morgan fingerprint density at radius 3 is 2.25 bits per heavy atom. The third-order valence-corrected chi connectivity index (χ3v) is 6.08. The Morgan fingerprint density at radius 2 is 1.75 bits per heavy atom. The maximum atomic E-state index is 5.61. The Hall–Kier alpha value is -0.923. The highest BCUT2D eigenvalue weighted by atomic mass is 32.2. The van der Waals surface area contributed by atoms with Gasteiger partial charge >= 0.3 is 0 Å². The van der Waals surface area contributed by atoms with Crippen LogP contribution in [0.3, 0.4) is 0 Å². The Bertz CT molecular complexity index is 630. The van der Waals surface area contributed by atoms with Crippen molar-refractivity contribution >= 4 is 44.4 Å². The molecule has 2 aromatic rings. The number of nitrogens with zero attached hydrogens (tertiary/aromatic N) is 1. The van der Waals surface area contributed by atoms with E-state index >= 15 is 0 Å². The van der Waals surface area contributed by atoms with Crippen LogP contribution in [0.1, 0.15) is 24.4 Å². The normalized spacial score (nSPS) is 12.7. The van der Waals surface area contributed by atoms with Crippen LogP contribution in [-0.2, 0) is 0 Å². The summed E-state index contributed by atoms with van der Waals surface area (Å²) < 4.78 is 18.3. The summed E-state index contributed by atoms with van der Waals surface area (Å²) in [7, 11) is 5.94. The van der Waals surface area contributed by atoms with E-state index in [0.29, 0.717) is 17.0 Å². The van der Waals surface area contributed by atoms with Gasteiger partial charge in [0.25, 0.3) is 0 Å². The molecular formula is C13H19NO3S2Si. The molecule has 1 atom stereocenters. The molecule has 1 unspecified atom stereocenters. The summed E-state index contributed by atoms with van der Waals surface area (Å²) >= 11 is 5.88. The van der Waals surface area contributed by atoms with Gasteiger partial charge in [0, 0.05) is 15.8 Å². The second kappa shape index (κ2) is 6.24. The van der Waals surface area contributed by atoms with Gasteiger partial charge in [0.2, 0.25) is 5.75 Å². The number of aromatic nitrogens is 1. The van der Waals surface area contributed by atoms with Gasteiger partial charge in [-0.1, -0.05) is 13.3 Å². The molecule has 4 nitrogen and oxygen atoms in total. The average molecular weight is 330 g/mol. The number of hydrogen-bond donors (Lipinski definition) is 1. The molecule has 1 aromatic heterocycles. The molecule has 2 rings (SSSR count). The number of ether oxygens (including phenoxy) is 3. The SMILES string of the molecule is CCC([SiH3])c1c(OC)c(OC)c(OC)c2sc(S)nc12. The van der Waals surface area contributed by atoms with Gasteiger partial charge in [-0.15, -0.1) is 24.0 Å². The molecule has 1 heterocycles. The molecule has 0 aliphatic carbocycles. The Balaban J connectivity index is 2.93. The number of fused-ring (bicyclic) bond motifs is 1. The van der Waals surface area contributed by atoms with Gasteiger partial charge in [-0.3, -0.25) is 0 Å². The van der Waals surface area contributed by atoms with E-state index in [9.17, 15) is 0 Å². The molecule has 0 spiro atoms. The summed E-state index contributed by atoms with van der Waals surface area (Å²) in [5.41, 5.74) is 2.49. The molecule has 0 bridgehead atoms. The molecule has 20 heavy (non-hydrogen) atoms. The third kappa shape index (κ3) is 2.38. The number of thiazole rings is 1. The lowest BCUT2D eigenvalue weighted by Crippen LogP contribution is -2.05. The van der Waals surface area contributed by atoms with Crippen molar-refractivity contribution in [3.63, 3.8) is 0 Å². The van der Waals surface area contributed by atoms with Crippen molar-refractivity contribution in [2.45, 2.75) is 23.2 Å². The fraction of sp³-hybridized carbons (Fsp3) is 0.462. The van der Waals surface area contributed by atoms with Crippen molar-refractivity contribution in [3.05, 3.63) is 5.56 Å². The maximum Gasteiger partial charge on any atom is 0.205 e. The first-order valence-corrected chi connectivity index (χ1v) is 8.82. The van der Waals surface area contributed by atoms with E-state index in [1.165, 1.54) is 11.3 Å². The van der Waals surface area contributed by atoms with E-state index in [1.54, 1.807) is 21.3 Å². The molecule has 0 N–H and O–H groups in total. The van der Waals surface area contributed by atoms with Crippen LogP contribution >= 0.6 is 24.0 Å². The fourth-order valence-electron chi connectivity index (χ4n) is 2.32. The van der Waals surface area contributed by atoms with Crippen LogP contribution in [0.25, 0.3) is 10.2 Å². The first-order valence-electron chi connectivity index (χ1n) is 6.40. The minimum absolute atomic E-state index is 0.446. The number of hydrogen-bond acceptors (Lipinski definition) is 6. The number of rotatable bonds is 5. The zero-order valence-corrected chi connectivity index (χ0v) is 16.0. The standard InChI is InChI=1S/C13H19NO3S2Si/c1-5-6(20)7-8-12(19-13(18)14-8)11(17-4)10(16-3)9(7)15-2/h6H,5H2,1-4,20H3,(H,14,18). The second-order valence-electron chi connectivity index (χ2n) is 4.50. The van der Waals surface area contributed by atoms with E-state index in [1.807, 2.05) is 0 Å². The predicted octanol–water partition coefficient (Wildman–Crippen LogP) is 2.43. The van der Waals surface area contributed by atoms with E-state index in [4.69, 9.17) is 14.2 Å². The Labute approximate surface area is 131 Å². The van der Waals surface area contributed by atoms with Gasteiger partial charge in [0.1, 0.15) is 9.04 Å². The van der Waals surface area contributed by atoms with Crippen molar-refractivity contribution < 1.29 is 14.2 Å². The zero-order chi connectivity index (χ0) is 14.9. The summed E-state index contributed by atoms with van der Waals surface area (Å²) in [6.07, 6.45) is 1.05. The van der Waals surface area contributed by atoms with Crippen molar-refractivity contribution in [1.82, 2.24) is 4.98 Å². The van der Waals surface area contributed by atoms with Gasteiger partial charge in [-0.25, -0.2) is 4.98 Å². The number of thiol groups is 1. The van der Waals surface area contributed by atoms with E-state index in [-0.39, 0.29) is 0 Å². The first kappa shape index (κ1) is 15.5. The second-order valence-corrected chi connectivity index (χ2v) is 7.62. The highest BCUT2D eigenvalue weighted by Gasteiger charge is 2.26. The van der Waals surface area contributed by atoms with Gasteiger partial charge < -0.3 is 14.2 Å². The largest absolute Gasteiger partial charge is 0.492 e. The van der Waals surface area contributed by atoms with Crippen molar-refractivity contribution in [1.29, 1.82) is 0 Å². The molecular weight excluding hydrogens is 310 g/mol. The molecule has 1 aromatic carbocycles.